The van der Waals surface area contributed by atoms with Gasteiger partial charge in [-0.1, -0.05) is 0 Å². The van der Waals surface area contributed by atoms with Crippen LogP contribution >= 0.6 is 39.6 Å². The number of para-hydroxylation sites is 1. The molecule has 32 heavy (non-hydrogen) atoms. The van der Waals surface area contributed by atoms with Gasteiger partial charge in [0.1, 0.15) is 0 Å². The molecule has 2 unspecified atom stereocenters. The van der Waals surface area contributed by atoms with E-state index in [1.165, 1.54) is 45.2 Å². The molecule has 2 aromatic rings. The van der Waals surface area contributed by atoms with Crippen LogP contribution in [0, 0.1) is 9.49 Å². The van der Waals surface area contributed by atoms with Crippen molar-refractivity contribution in [3.63, 3.8) is 0 Å². The van der Waals surface area contributed by atoms with Crippen molar-refractivity contribution in [2.45, 2.75) is 38.8 Å². The molecule has 0 bridgehead atoms. The van der Waals surface area contributed by atoms with Crippen LogP contribution in [-0.4, -0.2) is 36.3 Å². The van der Waals surface area contributed by atoms with E-state index in [0.717, 1.165) is 23.8 Å². The van der Waals surface area contributed by atoms with E-state index in [4.69, 9.17) is 4.74 Å². The Hall–Kier alpha value is -0.930. The van der Waals surface area contributed by atoms with Gasteiger partial charge in [0, 0.05) is 0 Å². The zero-order valence-corrected chi connectivity index (χ0v) is 23.3. The normalized spacial score (nSPS) is 23.4. The van der Waals surface area contributed by atoms with Gasteiger partial charge in [-0.2, -0.15) is 0 Å². The van der Waals surface area contributed by atoms with Crippen LogP contribution in [0.3, 0.4) is 0 Å². The third kappa shape index (κ3) is 5.25. The molecule has 1 N–H and O–H groups in total. The third-order valence-corrected chi connectivity index (χ3v) is 19.7. The first-order valence-electron chi connectivity index (χ1n) is 11.6. The Kier molecular flexibility index (Phi) is 7.24. The molecule has 5 heteroatoms. The van der Waals surface area contributed by atoms with Crippen molar-refractivity contribution in [2.24, 2.45) is 5.92 Å². The van der Waals surface area contributed by atoms with E-state index >= 15 is 0 Å². The van der Waals surface area contributed by atoms with Gasteiger partial charge in [0.25, 0.3) is 0 Å². The summed E-state index contributed by atoms with van der Waals surface area (Å²) >= 11 is -2.25. The fraction of sp³-hybridized carbons (Fsp3) is 0.444. The van der Waals surface area contributed by atoms with Crippen LogP contribution in [0.25, 0.3) is 5.57 Å². The summed E-state index contributed by atoms with van der Waals surface area (Å²) in [6.07, 6.45) is 2.91. The van der Waals surface area contributed by atoms with Crippen molar-refractivity contribution >= 4 is 51.0 Å². The number of ketones is 1. The number of hydrogen-bond acceptors (Lipinski definition) is 3. The number of fused-ring (bicyclic) bond motifs is 1. The van der Waals surface area contributed by atoms with Gasteiger partial charge >= 0.3 is 208 Å². The van der Waals surface area contributed by atoms with Crippen LogP contribution in [0.1, 0.15) is 43.7 Å². The topological polar surface area (TPSA) is 48.2 Å². The average Bonchev–Trinajstić information content (AvgIpc) is 3.54. The minimum atomic E-state index is -1.38. The molecule has 0 aromatic heterocycles. The Morgan fingerprint density at radius 1 is 1.09 bits per heavy atom. The molecule has 3 nitrogen and oxygen atoms in total. The van der Waals surface area contributed by atoms with Crippen molar-refractivity contribution < 1.29 is 9.53 Å². The Balaban J connectivity index is 1.16. The van der Waals surface area contributed by atoms with E-state index in [9.17, 15) is 4.79 Å². The van der Waals surface area contributed by atoms with Crippen molar-refractivity contribution in [1.82, 2.24) is 5.32 Å². The first-order chi connectivity index (χ1) is 15.6. The molecule has 0 amide bonds. The number of benzene rings is 2. The van der Waals surface area contributed by atoms with Crippen LogP contribution in [0.2, 0.25) is 0 Å². The number of halogens is 2. The number of carbonyl (C=O) groups excluding carboxylic acids is 1. The minimum absolute atomic E-state index is 0.229. The molecular formula is C27H33I2NO2. The van der Waals surface area contributed by atoms with Crippen molar-refractivity contribution in [3.05, 3.63) is 67.3 Å². The summed E-state index contributed by atoms with van der Waals surface area (Å²) in [4.78, 5) is 12.1. The molecule has 0 aliphatic carbocycles. The SMILES string of the molecule is CC(=O)C1=CI(CC(C)CI2CCC(c3ccccc3OC3CN3)CC2)c2ccccc21. The van der Waals surface area contributed by atoms with Crippen LogP contribution < -0.4 is 10.1 Å². The zero-order valence-electron chi connectivity index (χ0n) is 19.0. The Labute approximate surface area is 206 Å². The number of nitrogens with one attached hydrogen (secondary N) is 1. The Morgan fingerprint density at radius 3 is 2.56 bits per heavy atom. The first-order valence-corrected chi connectivity index (χ1v) is 20.0. The van der Waals surface area contributed by atoms with Crippen molar-refractivity contribution in [2.75, 3.05) is 24.3 Å². The zero-order chi connectivity index (χ0) is 22.1. The van der Waals surface area contributed by atoms with E-state index in [0.29, 0.717) is 5.92 Å². The number of allylic oxidation sites excluding steroid dienone is 1. The molecule has 2 saturated heterocycles. The van der Waals surface area contributed by atoms with Gasteiger partial charge in [0.15, 0.2) is 0 Å². The fourth-order valence-corrected chi connectivity index (χ4v) is 19.4. The average molecular weight is 657 g/mol. The molecule has 0 spiro atoms. The standard InChI is InChI=1S/C27H33I2NO2/c1-19(16-29-17-24(20(2)31)23-8-3-5-9-25(23)29)15-28-13-11-21(12-14-28)22-7-4-6-10-26(22)32-27-18-30-27/h3-10,17,19,21,27,30H,11-16,18H2,1-2H3. The third-order valence-electron chi connectivity index (χ3n) is 6.41. The molecule has 3 aliphatic rings. The summed E-state index contributed by atoms with van der Waals surface area (Å²) in [5, 5.41) is 3.25. The number of alkyl halides is 4. The maximum atomic E-state index is 12.1. The van der Waals surface area contributed by atoms with E-state index in [-0.39, 0.29) is 12.0 Å². The number of carbonyl (C=O) groups is 1. The molecule has 0 radical (unpaired) electrons. The monoisotopic (exact) mass is 657 g/mol. The van der Waals surface area contributed by atoms with Gasteiger partial charge in [-0.25, -0.2) is 0 Å². The maximum absolute atomic E-state index is 12.1. The van der Waals surface area contributed by atoms with Crippen molar-refractivity contribution in [3.8, 4) is 5.75 Å². The molecule has 0 saturated carbocycles. The predicted molar refractivity (Wildman–Crippen MR) is 151 cm³/mol. The Morgan fingerprint density at radius 2 is 1.81 bits per heavy atom. The molecule has 5 rings (SSSR count). The van der Waals surface area contributed by atoms with E-state index in [1.54, 1.807) is 6.92 Å². The van der Waals surface area contributed by atoms with Gasteiger partial charge in [-0.3, -0.25) is 0 Å². The number of hydrogen-bond donors (Lipinski definition) is 1. The summed E-state index contributed by atoms with van der Waals surface area (Å²) < 4.78 is 15.8. The summed E-state index contributed by atoms with van der Waals surface area (Å²) in [6.45, 7) is 5.18. The van der Waals surface area contributed by atoms with Gasteiger partial charge in [-0.15, -0.1) is 0 Å². The first kappa shape index (κ1) is 22.8. The van der Waals surface area contributed by atoms with E-state index in [2.05, 4.69) is 64.9 Å². The summed E-state index contributed by atoms with van der Waals surface area (Å²) in [7, 11) is 0. The van der Waals surface area contributed by atoms with Gasteiger partial charge in [0.05, 0.1) is 0 Å². The molecule has 2 atom stereocenters. The number of rotatable bonds is 8. The fourth-order valence-electron chi connectivity index (χ4n) is 4.72. The summed E-state index contributed by atoms with van der Waals surface area (Å²) in [6, 6.07) is 17.4. The van der Waals surface area contributed by atoms with Crippen LogP contribution in [-0.2, 0) is 4.79 Å². The second-order valence-electron chi connectivity index (χ2n) is 9.14. The van der Waals surface area contributed by atoms with Gasteiger partial charge < -0.3 is 0 Å². The van der Waals surface area contributed by atoms with Crippen molar-refractivity contribution in [1.29, 1.82) is 0 Å². The quantitative estimate of drug-likeness (QED) is 0.205. The van der Waals surface area contributed by atoms with Crippen LogP contribution in [0.4, 0.5) is 0 Å². The summed E-state index contributed by atoms with van der Waals surface area (Å²) in [5.41, 5.74) is 3.67. The predicted octanol–water partition coefficient (Wildman–Crippen LogP) is 6.33. The molecule has 3 heterocycles. The second kappa shape index (κ2) is 10.1. The number of Topliss-reactive ketones (excluding diaryl/α,β-unsaturated/α-hetero) is 1. The van der Waals surface area contributed by atoms with Crippen LogP contribution in [0.5, 0.6) is 5.75 Å². The van der Waals surface area contributed by atoms with Crippen LogP contribution in [0.15, 0.2) is 52.6 Å². The van der Waals surface area contributed by atoms with E-state index < -0.39 is 39.6 Å². The Bertz CT molecular complexity index is 1010. The molecule has 2 aromatic carbocycles. The molecular weight excluding hydrogens is 624 g/mol. The van der Waals surface area contributed by atoms with Gasteiger partial charge in [0.2, 0.25) is 0 Å². The van der Waals surface area contributed by atoms with Gasteiger partial charge in [-0.05, 0) is 0 Å². The molecule has 172 valence electrons. The van der Waals surface area contributed by atoms with E-state index in [1.807, 2.05) is 0 Å². The second-order valence-corrected chi connectivity index (χ2v) is 20.3. The molecule has 2 fully saturated rings. The molecule has 3 aliphatic heterocycles. The summed E-state index contributed by atoms with van der Waals surface area (Å²) in [5.74, 6) is 2.81. The number of ether oxygens (including phenoxy) is 1.